The number of nitrogens with two attached hydrogens (primary N) is 1. The molecule has 4 rings (SSSR count). The average Bonchev–Trinajstić information content (AvgIpc) is 2.66. The van der Waals surface area contributed by atoms with Crippen LogP contribution in [0.4, 0.5) is 0 Å². The van der Waals surface area contributed by atoms with Gasteiger partial charge in [-0.1, -0.05) is 26.7 Å². The molecule has 0 aromatic rings. The first-order chi connectivity index (χ1) is 7.04. The quantitative estimate of drug-likeness (QED) is 0.701. The Morgan fingerprint density at radius 1 is 1.00 bits per heavy atom. The van der Waals surface area contributed by atoms with E-state index in [9.17, 15) is 0 Å². The van der Waals surface area contributed by atoms with E-state index in [1.165, 1.54) is 44.9 Å². The number of fused-ring (bicyclic) bond motifs is 2. The second-order valence-corrected chi connectivity index (χ2v) is 6.98. The summed E-state index contributed by atoms with van der Waals surface area (Å²) in [6, 6.07) is 0. The maximum absolute atomic E-state index is 6.67. The van der Waals surface area contributed by atoms with Gasteiger partial charge in [-0.15, -0.1) is 0 Å². The first kappa shape index (κ1) is 10.1. The Morgan fingerprint density at radius 3 is 2.20 bits per heavy atom. The monoisotopic (exact) mass is 207 g/mol. The average molecular weight is 207 g/mol. The molecule has 4 aliphatic carbocycles. The highest BCUT2D eigenvalue weighted by atomic mass is 14.8. The summed E-state index contributed by atoms with van der Waals surface area (Å²) in [6.07, 6.45) is 9.72. The van der Waals surface area contributed by atoms with Crippen LogP contribution in [-0.4, -0.2) is 5.54 Å². The Labute approximate surface area is 93.8 Å². The zero-order chi connectivity index (χ0) is 10.7. The van der Waals surface area contributed by atoms with Crippen molar-refractivity contribution >= 4 is 0 Å². The lowest BCUT2D eigenvalue weighted by atomic mass is 9.43. The molecule has 15 heavy (non-hydrogen) atoms. The molecule has 2 N–H and O–H groups in total. The molecule has 4 fully saturated rings. The van der Waals surface area contributed by atoms with Crippen molar-refractivity contribution in [3.8, 4) is 0 Å². The van der Waals surface area contributed by atoms with Crippen LogP contribution in [0.1, 0.15) is 58.8 Å². The summed E-state index contributed by atoms with van der Waals surface area (Å²) in [6.45, 7) is 4.96. The van der Waals surface area contributed by atoms with Crippen molar-refractivity contribution in [3.05, 3.63) is 0 Å². The third kappa shape index (κ3) is 1.25. The van der Waals surface area contributed by atoms with Gasteiger partial charge in [-0.2, -0.15) is 0 Å². The van der Waals surface area contributed by atoms with Crippen molar-refractivity contribution in [3.63, 3.8) is 0 Å². The fourth-order valence-electron chi connectivity index (χ4n) is 4.90. The molecular formula is C14H25N. The zero-order valence-corrected chi connectivity index (χ0v) is 10.3. The van der Waals surface area contributed by atoms with Gasteiger partial charge >= 0.3 is 0 Å². The predicted molar refractivity (Wildman–Crippen MR) is 63.5 cm³/mol. The summed E-state index contributed by atoms with van der Waals surface area (Å²) in [5, 5.41) is 0. The molecule has 0 amide bonds. The van der Waals surface area contributed by atoms with Gasteiger partial charge in [-0.25, -0.2) is 0 Å². The van der Waals surface area contributed by atoms with Gasteiger partial charge in [0.2, 0.25) is 0 Å². The summed E-state index contributed by atoms with van der Waals surface area (Å²) >= 11 is 0. The Bertz CT molecular complexity index is 261. The van der Waals surface area contributed by atoms with Crippen LogP contribution >= 0.6 is 0 Å². The summed E-state index contributed by atoms with van der Waals surface area (Å²) in [5.41, 5.74) is 7.51. The lowest BCUT2D eigenvalue weighted by molar-refractivity contribution is -0.125. The molecule has 4 saturated carbocycles. The summed E-state index contributed by atoms with van der Waals surface area (Å²) in [4.78, 5) is 0. The van der Waals surface area contributed by atoms with Crippen LogP contribution in [0.3, 0.4) is 0 Å². The normalized spacial score (nSPS) is 46.2. The molecule has 2 bridgehead atoms. The van der Waals surface area contributed by atoms with Gasteiger partial charge in [0.05, 0.1) is 0 Å². The Hall–Kier alpha value is -0.0400. The first-order valence-corrected chi connectivity index (χ1v) is 6.83. The molecule has 1 nitrogen and oxygen atoms in total. The van der Waals surface area contributed by atoms with Crippen molar-refractivity contribution in [2.24, 2.45) is 28.9 Å². The van der Waals surface area contributed by atoms with Gasteiger partial charge in [-0.3, -0.25) is 0 Å². The van der Waals surface area contributed by atoms with Crippen molar-refractivity contribution < 1.29 is 0 Å². The Balaban J connectivity index is 1.82. The third-order valence-electron chi connectivity index (χ3n) is 6.13. The van der Waals surface area contributed by atoms with Crippen molar-refractivity contribution in [1.82, 2.24) is 0 Å². The maximum atomic E-state index is 6.67. The molecule has 0 spiro atoms. The fourth-order valence-corrected chi connectivity index (χ4v) is 4.90. The minimum Gasteiger partial charge on any atom is -0.325 e. The lowest BCUT2D eigenvalue weighted by Crippen LogP contribution is -2.60. The molecule has 1 unspecified atom stereocenters. The minimum atomic E-state index is 0.229. The van der Waals surface area contributed by atoms with E-state index in [0.717, 1.165) is 17.8 Å². The van der Waals surface area contributed by atoms with Crippen molar-refractivity contribution in [2.45, 2.75) is 64.3 Å². The fraction of sp³-hybridized carbons (Fsp3) is 1.00. The van der Waals surface area contributed by atoms with Gasteiger partial charge in [0.1, 0.15) is 0 Å². The highest BCUT2D eigenvalue weighted by Gasteiger charge is 2.58. The van der Waals surface area contributed by atoms with Crippen molar-refractivity contribution in [1.29, 1.82) is 0 Å². The number of hydrogen-bond donors (Lipinski definition) is 1. The van der Waals surface area contributed by atoms with Crippen LogP contribution in [0.25, 0.3) is 0 Å². The molecule has 0 aliphatic heterocycles. The largest absolute Gasteiger partial charge is 0.325 e. The lowest BCUT2D eigenvalue weighted by Gasteiger charge is -2.63. The van der Waals surface area contributed by atoms with E-state index in [1.54, 1.807) is 0 Å². The van der Waals surface area contributed by atoms with E-state index in [4.69, 9.17) is 5.73 Å². The van der Waals surface area contributed by atoms with Gasteiger partial charge in [0.25, 0.3) is 0 Å². The Kier molecular flexibility index (Phi) is 2.03. The standard InChI is InChI=1S/C14H25N/c1-13(2)10-5-6-11(12(13)9-10)14(15)7-3-4-8-14/h10-12H,3-9,15H2,1-2H3/t10-,11?,12-/m0/s1. The van der Waals surface area contributed by atoms with E-state index >= 15 is 0 Å². The van der Waals surface area contributed by atoms with Crippen LogP contribution in [0.2, 0.25) is 0 Å². The molecule has 86 valence electrons. The molecule has 0 aromatic carbocycles. The van der Waals surface area contributed by atoms with Crippen LogP contribution in [-0.2, 0) is 0 Å². The zero-order valence-electron chi connectivity index (χ0n) is 10.3. The van der Waals surface area contributed by atoms with Gasteiger partial charge in [-0.05, 0) is 55.3 Å². The van der Waals surface area contributed by atoms with E-state index in [0.29, 0.717) is 5.41 Å². The third-order valence-corrected chi connectivity index (χ3v) is 6.13. The highest BCUT2D eigenvalue weighted by Crippen LogP contribution is 2.64. The molecule has 0 aromatic heterocycles. The van der Waals surface area contributed by atoms with Crippen molar-refractivity contribution in [2.75, 3.05) is 0 Å². The van der Waals surface area contributed by atoms with Crippen LogP contribution < -0.4 is 5.73 Å². The maximum Gasteiger partial charge on any atom is 0.0185 e. The summed E-state index contributed by atoms with van der Waals surface area (Å²) in [5.74, 6) is 2.81. The van der Waals surface area contributed by atoms with Crippen LogP contribution in [0.15, 0.2) is 0 Å². The molecule has 0 heterocycles. The van der Waals surface area contributed by atoms with Gasteiger partial charge in [0, 0.05) is 5.54 Å². The number of rotatable bonds is 1. The second-order valence-electron chi connectivity index (χ2n) is 6.98. The minimum absolute atomic E-state index is 0.229. The van der Waals surface area contributed by atoms with Crippen LogP contribution in [0, 0.1) is 23.2 Å². The molecule has 0 saturated heterocycles. The topological polar surface area (TPSA) is 26.0 Å². The van der Waals surface area contributed by atoms with E-state index in [1.807, 2.05) is 0 Å². The van der Waals surface area contributed by atoms with Gasteiger partial charge < -0.3 is 5.73 Å². The summed E-state index contributed by atoms with van der Waals surface area (Å²) in [7, 11) is 0. The van der Waals surface area contributed by atoms with Gasteiger partial charge in [0.15, 0.2) is 0 Å². The Morgan fingerprint density at radius 2 is 1.67 bits per heavy atom. The number of hydrogen-bond acceptors (Lipinski definition) is 1. The van der Waals surface area contributed by atoms with E-state index in [2.05, 4.69) is 13.8 Å². The smallest absolute Gasteiger partial charge is 0.0185 e. The second kappa shape index (κ2) is 3.00. The van der Waals surface area contributed by atoms with E-state index in [-0.39, 0.29) is 5.54 Å². The highest BCUT2D eigenvalue weighted by molar-refractivity contribution is 5.10. The SMILES string of the molecule is CC1(C)[C@H]2CCC(C3(N)CCCC3)[C@@H]1C2. The summed E-state index contributed by atoms with van der Waals surface area (Å²) < 4.78 is 0. The van der Waals surface area contributed by atoms with Crippen LogP contribution in [0.5, 0.6) is 0 Å². The predicted octanol–water partition coefficient (Wildman–Crippen LogP) is 3.33. The molecule has 1 heteroatoms. The molecule has 0 radical (unpaired) electrons. The van der Waals surface area contributed by atoms with E-state index < -0.39 is 0 Å². The molecule has 3 atom stereocenters. The molecular weight excluding hydrogens is 182 g/mol. The first-order valence-electron chi connectivity index (χ1n) is 6.83. The molecule has 4 aliphatic rings.